The van der Waals surface area contributed by atoms with Gasteiger partial charge in [0.15, 0.2) is 0 Å². The van der Waals surface area contributed by atoms with Crippen molar-refractivity contribution in [1.82, 2.24) is 10.3 Å². The van der Waals surface area contributed by atoms with Crippen molar-refractivity contribution < 1.29 is 4.39 Å². The van der Waals surface area contributed by atoms with Crippen molar-refractivity contribution in [1.29, 1.82) is 0 Å². The van der Waals surface area contributed by atoms with Gasteiger partial charge in [-0.15, -0.1) is 11.3 Å². The van der Waals surface area contributed by atoms with E-state index in [0.29, 0.717) is 23.1 Å². The maximum absolute atomic E-state index is 14.3. The Kier molecular flexibility index (Phi) is 5.12. The summed E-state index contributed by atoms with van der Waals surface area (Å²) in [6.07, 6.45) is 0. The summed E-state index contributed by atoms with van der Waals surface area (Å²) in [4.78, 5) is 5.90. The predicted octanol–water partition coefficient (Wildman–Crippen LogP) is 4.88. The molecule has 0 saturated carbocycles. The van der Waals surface area contributed by atoms with Gasteiger partial charge in [-0.1, -0.05) is 39.8 Å². The van der Waals surface area contributed by atoms with E-state index in [1.54, 1.807) is 24.3 Å². The third kappa shape index (κ3) is 3.69. The summed E-state index contributed by atoms with van der Waals surface area (Å²) in [5, 5.41) is 4.20. The van der Waals surface area contributed by atoms with Crippen molar-refractivity contribution in [3.05, 3.63) is 40.2 Å². The average Bonchev–Trinajstić information content (AvgIpc) is 2.83. The van der Waals surface area contributed by atoms with E-state index >= 15 is 0 Å². The van der Waals surface area contributed by atoms with E-state index in [1.165, 1.54) is 4.88 Å². The van der Waals surface area contributed by atoms with Crippen LogP contribution in [0.15, 0.2) is 18.2 Å². The minimum Gasteiger partial charge on any atom is -0.310 e. The molecule has 0 atom stereocenters. The number of hydrogen-bond donors (Lipinski definition) is 1. The fourth-order valence-electron chi connectivity index (χ4n) is 2.17. The average molecular weight is 306 g/mol. The molecule has 0 aliphatic carbocycles. The van der Waals surface area contributed by atoms with Gasteiger partial charge < -0.3 is 5.32 Å². The van der Waals surface area contributed by atoms with Crippen LogP contribution in [-0.4, -0.2) is 11.0 Å². The molecule has 1 N–H and O–H groups in total. The topological polar surface area (TPSA) is 24.9 Å². The van der Waals surface area contributed by atoms with Gasteiger partial charge >= 0.3 is 0 Å². The highest BCUT2D eigenvalue weighted by Gasteiger charge is 2.18. The van der Waals surface area contributed by atoms with E-state index in [-0.39, 0.29) is 5.82 Å². The quantitative estimate of drug-likeness (QED) is 0.851. The van der Waals surface area contributed by atoms with Gasteiger partial charge in [0, 0.05) is 23.0 Å². The van der Waals surface area contributed by atoms with Gasteiger partial charge in [0.2, 0.25) is 0 Å². The molecule has 114 valence electrons. The highest BCUT2D eigenvalue weighted by molar-refractivity contribution is 7.15. The fourth-order valence-corrected chi connectivity index (χ4v) is 3.35. The lowest BCUT2D eigenvalue weighted by molar-refractivity contribution is 0.588. The lowest BCUT2D eigenvalue weighted by Crippen LogP contribution is -2.22. The molecule has 0 bridgehead atoms. The molecule has 0 amide bonds. The number of nitrogens with zero attached hydrogens (tertiary/aromatic N) is 1. The van der Waals surface area contributed by atoms with Crippen LogP contribution in [0.5, 0.6) is 0 Å². The van der Waals surface area contributed by atoms with E-state index < -0.39 is 0 Å². The Bertz CT molecular complexity index is 617. The lowest BCUT2D eigenvalue weighted by atomic mass is 10.1. The number of halogens is 1. The van der Waals surface area contributed by atoms with E-state index in [2.05, 4.69) is 33.0 Å². The van der Waals surface area contributed by atoms with Crippen molar-refractivity contribution in [3.8, 4) is 10.6 Å². The van der Waals surface area contributed by atoms with Crippen LogP contribution < -0.4 is 5.32 Å². The Morgan fingerprint density at radius 1 is 1.24 bits per heavy atom. The summed E-state index contributed by atoms with van der Waals surface area (Å²) in [6.45, 7) is 11.1. The van der Waals surface area contributed by atoms with Crippen LogP contribution in [-0.2, 0) is 6.54 Å². The summed E-state index contributed by atoms with van der Waals surface area (Å²) >= 11 is 1.59. The zero-order chi connectivity index (χ0) is 15.6. The molecule has 1 heterocycles. The van der Waals surface area contributed by atoms with Crippen LogP contribution in [0, 0.1) is 12.7 Å². The Balaban J connectivity index is 2.41. The lowest BCUT2D eigenvalue weighted by Gasteiger charge is -2.09. The van der Waals surface area contributed by atoms with E-state index in [1.807, 2.05) is 12.1 Å². The van der Waals surface area contributed by atoms with Crippen molar-refractivity contribution in [3.63, 3.8) is 0 Å². The maximum Gasteiger partial charge on any atom is 0.136 e. The molecule has 0 spiro atoms. The third-order valence-electron chi connectivity index (χ3n) is 3.37. The minimum absolute atomic E-state index is 0.162. The zero-order valence-electron chi connectivity index (χ0n) is 13.3. The molecular weight excluding hydrogens is 283 g/mol. The van der Waals surface area contributed by atoms with Crippen molar-refractivity contribution in [2.75, 3.05) is 0 Å². The molecule has 1 aromatic carbocycles. The molecule has 21 heavy (non-hydrogen) atoms. The second-order valence-electron chi connectivity index (χ2n) is 5.95. The van der Waals surface area contributed by atoms with Gasteiger partial charge in [0.05, 0.1) is 5.69 Å². The standard InChI is InChI=1S/C17H23FN2S/c1-10(2)16-14(9-19-11(3)4)21-17(20-16)13-8-6-7-12(5)15(13)18/h6-8,10-11,19H,9H2,1-5H3. The monoisotopic (exact) mass is 306 g/mol. The first-order chi connectivity index (χ1) is 9.90. The summed E-state index contributed by atoms with van der Waals surface area (Å²) in [5.74, 6) is 0.178. The Labute approximate surface area is 130 Å². The maximum atomic E-state index is 14.3. The smallest absolute Gasteiger partial charge is 0.136 e. The Morgan fingerprint density at radius 3 is 2.57 bits per heavy atom. The van der Waals surface area contributed by atoms with Crippen LogP contribution in [0.4, 0.5) is 4.39 Å². The van der Waals surface area contributed by atoms with Crippen molar-refractivity contribution in [2.45, 2.75) is 53.1 Å². The molecule has 4 heteroatoms. The SMILES string of the molecule is Cc1cccc(-c2nc(C(C)C)c(CNC(C)C)s2)c1F. The number of benzene rings is 1. The number of aryl methyl sites for hydroxylation is 1. The second kappa shape index (κ2) is 6.67. The first-order valence-electron chi connectivity index (χ1n) is 7.38. The van der Waals surface area contributed by atoms with Gasteiger partial charge in [-0.2, -0.15) is 0 Å². The van der Waals surface area contributed by atoms with Gasteiger partial charge in [0.1, 0.15) is 10.8 Å². The molecule has 0 fully saturated rings. The van der Waals surface area contributed by atoms with Crippen LogP contribution in [0.1, 0.15) is 49.7 Å². The predicted molar refractivity (Wildman–Crippen MR) is 88.3 cm³/mol. The summed E-state index contributed by atoms with van der Waals surface area (Å²) < 4.78 is 14.3. The molecule has 2 aromatic rings. The molecule has 1 aromatic heterocycles. The molecule has 2 rings (SSSR count). The molecule has 0 saturated heterocycles. The Morgan fingerprint density at radius 2 is 1.95 bits per heavy atom. The molecule has 0 radical (unpaired) electrons. The summed E-state index contributed by atoms with van der Waals surface area (Å²) in [6, 6.07) is 5.91. The van der Waals surface area contributed by atoms with Gasteiger partial charge in [0.25, 0.3) is 0 Å². The fraction of sp³-hybridized carbons (Fsp3) is 0.471. The largest absolute Gasteiger partial charge is 0.310 e. The van der Waals surface area contributed by atoms with E-state index in [0.717, 1.165) is 17.2 Å². The molecule has 0 aliphatic heterocycles. The highest BCUT2D eigenvalue weighted by Crippen LogP contribution is 2.33. The molecular formula is C17H23FN2S. The Hall–Kier alpha value is -1.26. The third-order valence-corrected chi connectivity index (χ3v) is 4.47. The van der Waals surface area contributed by atoms with Crippen LogP contribution >= 0.6 is 11.3 Å². The van der Waals surface area contributed by atoms with E-state index in [4.69, 9.17) is 4.98 Å². The first kappa shape index (κ1) is 16.1. The van der Waals surface area contributed by atoms with Gasteiger partial charge in [-0.3, -0.25) is 0 Å². The molecule has 0 aliphatic rings. The second-order valence-corrected chi connectivity index (χ2v) is 7.04. The van der Waals surface area contributed by atoms with Crippen molar-refractivity contribution in [2.24, 2.45) is 0 Å². The van der Waals surface area contributed by atoms with Crippen LogP contribution in [0.2, 0.25) is 0 Å². The number of rotatable bonds is 5. The van der Waals surface area contributed by atoms with Crippen LogP contribution in [0.25, 0.3) is 10.6 Å². The number of nitrogens with one attached hydrogen (secondary N) is 1. The number of aromatic nitrogens is 1. The highest BCUT2D eigenvalue weighted by atomic mass is 32.1. The van der Waals surface area contributed by atoms with Crippen molar-refractivity contribution >= 4 is 11.3 Å². The van der Waals surface area contributed by atoms with E-state index in [9.17, 15) is 4.39 Å². The molecule has 0 unspecified atom stereocenters. The summed E-state index contributed by atoms with van der Waals surface area (Å²) in [5.41, 5.74) is 2.34. The number of thiazole rings is 1. The molecule has 2 nitrogen and oxygen atoms in total. The van der Waals surface area contributed by atoms with Gasteiger partial charge in [-0.25, -0.2) is 9.37 Å². The van der Waals surface area contributed by atoms with Gasteiger partial charge in [-0.05, 0) is 24.5 Å². The number of hydrogen-bond acceptors (Lipinski definition) is 3. The van der Waals surface area contributed by atoms with Crippen LogP contribution in [0.3, 0.4) is 0 Å². The minimum atomic E-state index is -0.162. The zero-order valence-corrected chi connectivity index (χ0v) is 14.1. The summed E-state index contributed by atoms with van der Waals surface area (Å²) in [7, 11) is 0. The normalized spacial score (nSPS) is 11.6. The first-order valence-corrected chi connectivity index (χ1v) is 8.20.